The molecule has 1 fully saturated rings. The van der Waals surface area contributed by atoms with Crippen LogP contribution in [0.5, 0.6) is 5.75 Å². The van der Waals surface area contributed by atoms with E-state index in [0.717, 1.165) is 38.2 Å². The quantitative estimate of drug-likeness (QED) is 0.859. The fourth-order valence-electron chi connectivity index (χ4n) is 2.38. The molecule has 0 bridgehead atoms. The van der Waals surface area contributed by atoms with E-state index < -0.39 is 0 Å². The number of benzene rings is 1. The number of methoxy groups -OCH3 is 1. The zero-order valence-electron chi connectivity index (χ0n) is 11.6. The van der Waals surface area contributed by atoms with E-state index in [-0.39, 0.29) is 11.9 Å². The number of halogens is 1. The lowest BCUT2D eigenvalue weighted by Gasteiger charge is -2.16. The minimum atomic E-state index is -0.308. The van der Waals surface area contributed by atoms with Crippen LogP contribution in [0.1, 0.15) is 31.4 Å². The molecule has 106 valence electrons. The summed E-state index contributed by atoms with van der Waals surface area (Å²) in [5.41, 5.74) is 0.945. The SMILES string of the molecule is COc1ccc(C(C)NCCC2CCOC2)cc1F. The van der Waals surface area contributed by atoms with Gasteiger partial charge in [-0.3, -0.25) is 0 Å². The Balaban J connectivity index is 1.81. The van der Waals surface area contributed by atoms with E-state index in [1.807, 2.05) is 13.0 Å². The molecule has 19 heavy (non-hydrogen) atoms. The average molecular weight is 267 g/mol. The Morgan fingerprint density at radius 1 is 1.53 bits per heavy atom. The van der Waals surface area contributed by atoms with Gasteiger partial charge in [0.25, 0.3) is 0 Å². The third-order valence-electron chi connectivity index (χ3n) is 3.70. The smallest absolute Gasteiger partial charge is 0.165 e. The lowest BCUT2D eigenvalue weighted by Crippen LogP contribution is -2.22. The number of hydrogen-bond donors (Lipinski definition) is 1. The summed E-state index contributed by atoms with van der Waals surface area (Å²) in [6.07, 6.45) is 2.27. The van der Waals surface area contributed by atoms with Crippen LogP contribution < -0.4 is 10.1 Å². The van der Waals surface area contributed by atoms with Gasteiger partial charge < -0.3 is 14.8 Å². The summed E-state index contributed by atoms with van der Waals surface area (Å²) in [6.45, 7) is 4.76. The number of nitrogens with one attached hydrogen (secondary N) is 1. The van der Waals surface area contributed by atoms with Crippen molar-refractivity contribution in [2.45, 2.75) is 25.8 Å². The Kier molecular flexibility index (Phi) is 5.16. The Morgan fingerprint density at radius 2 is 2.37 bits per heavy atom. The van der Waals surface area contributed by atoms with Crippen LogP contribution in [0.15, 0.2) is 18.2 Å². The van der Waals surface area contributed by atoms with Crippen molar-refractivity contribution in [2.75, 3.05) is 26.9 Å². The van der Waals surface area contributed by atoms with Crippen LogP contribution in [0.25, 0.3) is 0 Å². The second-order valence-electron chi connectivity index (χ2n) is 5.09. The second kappa shape index (κ2) is 6.87. The monoisotopic (exact) mass is 267 g/mol. The molecule has 1 N–H and O–H groups in total. The lowest BCUT2D eigenvalue weighted by molar-refractivity contribution is 0.184. The number of hydrogen-bond acceptors (Lipinski definition) is 3. The van der Waals surface area contributed by atoms with Crippen molar-refractivity contribution in [3.63, 3.8) is 0 Å². The zero-order chi connectivity index (χ0) is 13.7. The fraction of sp³-hybridized carbons (Fsp3) is 0.600. The van der Waals surface area contributed by atoms with Crippen LogP contribution in [-0.2, 0) is 4.74 Å². The first-order valence-corrected chi connectivity index (χ1v) is 6.85. The first kappa shape index (κ1) is 14.3. The molecule has 2 unspecified atom stereocenters. The molecule has 1 aliphatic rings. The van der Waals surface area contributed by atoms with Crippen LogP contribution in [0.3, 0.4) is 0 Å². The van der Waals surface area contributed by atoms with Gasteiger partial charge in [0.1, 0.15) is 0 Å². The van der Waals surface area contributed by atoms with Gasteiger partial charge in [0.2, 0.25) is 0 Å². The Hall–Kier alpha value is -1.13. The van der Waals surface area contributed by atoms with Crippen LogP contribution >= 0.6 is 0 Å². The van der Waals surface area contributed by atoms with Gasteiger partial charge in [-0.05, 0) is 49.9 Å². The molecule has 0 spiro atoms. The van der Waals surface area contributed by atoms with E-state index in [1.165, 1.54) is 13.2 Å². The van der Waals surface area contributed by atoms with Crippen LogP contribution in [0.4, 0.5) is 4.39 Å². The largest absolute Gasteiger partial charge is 0.494 e. The van der Waals surface area contributed by atoms with E-state index >= 15 is 0 Å². The first-order valence-electron chi connectivity index (χ1n) is 6.85. The summed E-state index contributed by atoms with van der Waals surface area (Å²) in [5, 5.41) is 3.43. The van der Waals surface area contributed by atoms with E-state index in [2.05, 4.69) is 5.32 Å². The molecule has 1 heterocycles. The predicted molar refractivity (Wildman–Crippen MR) is 72.9 cm³/mol. The Morgan fingerprint density at radius 3 is 3.00 bits per heavy atom. The third kappa shape index (κ3) is 3.91. The van der Waals surface area contributed by atoms with Gasteiger partial charge in [0.15, 0.2) is 11.6 Å². The van der Waals surface area contributed by atoms with Crippen molar-refractivity contribution in [1.82, 2.24) is 5.32 Å². The summed E-state index contributed by atoms with van der Waals surface area (Å²) in [4.78, 5) is 0. The topological polar surface area (TPSA) is 30.5 Å². The van der Waals surface area contributed by atoms with E-state index in [0.29, 0.717) is 11.7 Å². The molecular formula is C15H22FNO2. The molecule has 1 aromatic rings. The zero-order valence-corrected chi connectivity index (χ0v) is 11.6. The lowest BCUT2D eigenvalue weighted by atomic mass is 10.0. The summed E-state index contributed by atoms with van der Waals surface area (Å²) in [6, 6.07) is 5.25. The van der Waals surface area contributed by atoms with Gasteiger partial charge in [-0.25, -0.2) is 4.39 Å². The number of rotatable bonds is 6. The molecule has 0 aromatic heterocycles. The molecule has 2 rings (SSSR count). The predicted octanol–water partition coefficient (Wildman–Crippen LogP) is 2.91. The van der Waals surface area contributed by atoms with Gasteiger partial charge in [-0.15, -0.1) is 0 Å². The molecule has 0 aliphatic carbocycles. The third-order valence-corrected chi connectivity index (χ3v) is 3.70. The maximum Gasteiger partial charge on any atom is 0.165 e. The average Bonchev–Trinajstić information content (AvgIpc) is 2.91. The highest BCUT2D eigenvalue weighted by Gasteiger charge is 2.15. The highest BCUT2D eigenvalue weighted by atomic mass is 19.1. The van der Waals surface area contributed by atoms with E-state index in [9.17, 15) is 4.39 Å². The maximum atomic E-state index is 13.6. The van der Waals surface area contributed by atoms with Gasteiger partial charge in [-0.1, -0.05) is 6.07 Å². The van der Waals surface area contributed by atoms with Crippen molar-refractivity contribution in [3.05, 3.63) is 29.6 Å². The van der Waals surface area contributed by atoms with Crippen molar-refractivity contribution < 1.29 is 13.9 Å². The van der Waals surface area contributed by atoms with Gasteiger partial charge >= 0.3 is 0 Å². The van der Waals surface area contributed by atoms with Crippen molar-refractivity contribution in [2.24, 2.45) is 5.92 Å². The molecule has 0 amide bonds. The molecule has 1 aliphatic heterocycles. The minimum absolute atomic E-state index is 0.141. The summed E-state index contributed by atoms with van der Waals surface area (Å²) >= 11 is 0. The molecular weight excluding hydrogens is 245 g/mol. The summed E-state index contributed by atoms with van der Waals surface area (Å²) in [5.74, 6) is 0.657. The van der Waals surface area contributed by atoms with Crippen molar-refractivity contribution in [3.8, 4) is 5.75 Å². The Labute approximate surface area is 114 Å². The molecule has 3 nitrogen and oxygen atoms in total. The highest BCUT2D eigenvalue weighted by molar-refractivity contribution is 5.30. The maximum absolute atomic E-state index is 13.6. The number of ether oxygens (including phenoxy) is 2. The van der Waals surface area contributed by atoms with E-state index in [1.54, 1.807) is 6.07 Å². The van der Waals surface area contributed by atoms with Gasteiger partial charge in [0, 0.05) is 19.3 Å². The Bertz CT molecular complexity index is 405. The van der Waals surface area contributed by atoms with Gasteiger partial charge in [-0.2, -0.15) is 0 Å². The van der Waals surface area contributed by atoms with Crippen LogP contribution in [0, 0.1) is 11.7 Å². The second-order valence-corrected chi connectivity index (χ2v) is 5.09. The van der Waals surface area contributed by atoms with Crippen LogP contribution in [0.2, 0.25) is 0 Å². The molecule has 2 atom stereocenters. The molecule has 0 saturated carbocycles. The molecule has 1 aromatic carbocycles. The molecule has 1 saturated heterocycles. The molecule has 4 heteroatoms. The minimum Gasteiger partial charge on any atom is -0.494 e. The highest BCUT2D eigenvalue weighted by Crippen LogP contribution is 2.22. The van der Waals surface area contributed by atoms with Crippen molar-refractivity contribution in [1.29, 1.82) is 0 Å². The first-order chi connectivity index (χ1) is 9.20. The summed E-state index contributed by atoms with van der Waals surface area (Å²) < 4.78 is 23.9. The van der Waals surface area contributed by atoms with E-state index in [4.69, 9.17) is 9.47 Å². The van der Waals surface area contributed by atoms with Gasteiger partial charge in [0.05, 0.1) is 7.11 Å². The normalized spacial score (nSPS) is 20.5. The fourth-order valence-corrected chi connectivity index (χ4v) is 2.38. The standard InChI is InChI=1S/C15H22FNO2/c1-11(17-7-5-12-6-8-19-10-12)13-3-4-15(18-2)14(16)9-13/h3-4,9,11-12,17H,5-8,10H2,1-2H3. The molecule has 0 radical (unpaired) electrons. The van der Waals surface area contributed by atoms with Crippen molar-refractivity contribution >= 4 is 0 Å². The van der Waals surface area contributed by atoms with Crippen LogP contribution in [-0.4, -0.2) is 26.9 Å². The summed E-state index contributed by atoms with van der Waals surface area (Å²) in [7, 11) is 1.48.